The third kappa shape index (κ3) is 4.33. The van der Waals surface area contributed by atoms with Crippen LogP contribution in [0.3, 0.4) is 0 Å². The van der Waals surface area contributed by atoms with E-state index in [4.69, 9.17) is 5.11 Å². The van der Waals surface area contributed by atoms with Crippen molar-refractivity contribution in [3.63, 3.8) is 0 Å². The topological polar surface area (TPSA) is 78.4 Å². The Hall–Kier alpha value is -1.11. The molecule has 1 aromatic rings. The SMILES string of the molecule is O=S(=O)(NCCc1ccc(O)cc1)NC1CC1. The molecule has 1 saturated carbocycles. The molecule has 6 heteroatoms. The van der Waals surface area contributed by atoms with Crippen LogP contribution in [0.15, 0.2) is 24.3 Å². The fourth-order valence-corrected chi connectivity index (χ4v) is 2.58. The molecule has 0 saturated heterocycles. The molecule has 3 N–H and O–H groups in total. The zero-order valence-corrected chi connectivity index (χ0v) is 10.2. The maximum Gasteiger partial charge on any atom is 0.277 e. The largest absolute Gasteiger partial charge is 0.508 e. The van der Waals surface area contributed by atoms with Gasteiger partial charge in [-0.25, -0.2) is 4.72 Å². The number of phenols is 1. The van der Waals surface area contributed by atoms with E-state index < -0.39 is 10.2 Å². The number of rotatable bonds is 6. The Morgan fingerprint density at radius 2 is 1.88 bits per heavy atom. The number of hydrogen-bond acceptors (Lipinski definition) is 3. The van der Waals surface area contributed by atoms with Gasteiger partial charge >= 0.3 is 0 Å². The highest BCUT2D eigenvalue weighted by Gasteiger charge is 2.26. The first-order valence-electron chi connectivity index (χ1n) is 5.60. The van der Waals surface area contributed by atoms with E-state index in [-0.39, 0.29) is 11.8 Å². The molecule has 1 aliphatic carbocycles. The maximum atomic E-state index is 11.5. The van der Waals surface area contributed by atoms with Gasteiger partial charge in [0.15, 0.2) is 0 Å². The van der Waals surface area contributed by atoms with Gasteiger partial charge in [-0.15, -0.1) is 0 Å². The summed E-state index contributed by atoms with van der Waals surface area (Å²) in [6, 6.07) is 6.86. The Morgan fingerprint density at radius 1 is 1.24 bits per heavy atom. The van der Waals surface area contributed by atoms with Crippen LogP contribution >= 0.6 is 0 Å². The minimum Gasteiger partial charge on any atom is -0.508 e. The Kier molecular flexibility index (Phi) is 3.66. The van der Waals surface area contributed by atoms with Crippen LogP contribution in [-0.4, -0.2) is 26.1 Å². The standard InChI is InChI=1S/C11H16N2O3S/c14-11-5-1-9(2-6-11)7-8-12-17(15,16)13-10-3-4-10/h1-2,5-6,10,12-14H,3-4,7-8H2. The van der Waals surface area contributed by atoms with Gasteiger partial charge in [0.05, 0.1) is 0 Å². The summed E-state index contributed by atoms with van der Waals surface area (Å²) in [7, 11) is -3.35. The van der Waals surface area contributed by atoms with E-state index in [2.05, 4.69) is 9.44 Å². The minimum atomic E-state index is -3.35. The lowest BCUT2D eigenvalue weighted by Crippen LogP contribution is -2.38. The summed E-state index contributed by atoms with van der Waals surface area (Å²) < 4.78 is 28.0. The lowest BCUT2D eigenvalue weighted by molar-refractivity contribution is 0.475. The van der Waals surface area contributed by atoms with Gasteiger partial charge in [0, 0.05) is 12.6 Å². The first-order chi connectivity index (χ1) is 8.05. The molecule has 2 rings (SSSR count). The summed E-state index contributed by atoms with van der Waals surface area (Å²) >= 11 is 0. The third-order valence-electron chi connectivity index (χ3n) is 2.54. The second-order valence-electron chi connectivity index (χ2n) is 4.21. The highest BCUT2D eigenvalue weighted by Crippen LogP contribution is 2.19. The van der Waals surface area contributed by atoms with Gasteiger partial charge in [0.1, 0.15) is 5.75 Å². The molecular formula is C11H16N2O3S. The maximum absolute atomic E-state index is 11.5. The molecule has 0 radical (unpaired) electrons. The fourth-order valence-electron chi connectivity index (χ4n) is 1.45. The molecule has 0 amide bonds. The van der Waals surface area contributed by atoms with E-state index in [1.807, 2.05) is 0 Å². The number of phenolic OH excluding ortho intramolecular Hbond substituents is 1. The van der Waals surface area contributed by atoms with Crippen LogP contribution in [0.1, 0.15) is 18.4 Å². The molecule has 0 spiro atoms. The average molecular weight is 256 g/mol. The Bertz CT molecular complexity index is 466. The zero-order valence-electron chi connectivity index (χ0n) is 9.39. The Morgan fingerprint density at radius 3 is 2.47 bits per heavy atom. The van der Waals surface area contributed by atoms with Crippen LogP contribution < -0.4 is 9.44 Å². The van der Waals surface area contributed by atoms with Gasteiger partial charge in [-0.3, -0.25) is 0 Å². The minimum absolute atomic E-state index is 0.126. The summed E-state index contributed by atoms with van der Waals surface area (Å²) in [6.07, 6.45) is 2.46. The van der Waals surface area contributed by atoms with Gasteiger partial charge < -0.3 is 5.11 Å². The first-order valence-corrected chi connectivity index (χ1v) is 7.08. The first kappa shape index (κ1) is 12.3. The highest BCUT2D eigenvalue weighted by molar-refractivity contribution is 7.87. The molecule has 17 heavy (non-hydrogen) atoms. The Labute approximate surface area is 101 Å². The second-order valence-corrected chi connectivity index (χ2v) is 5.74. The van der Waals surface area contributed by atoms with E-state index in [9.17, 15) is 8.42 Å². The number of hydrogen-bond donors (Lipinski definition) is 3. The van der Waals surface area contributed by atoms with Crippen LogP contribution in [0.25, 0.3) is 0 Å². The summed E-state index contributed by atoms with van der Waals surface area (Å²) in [6.45, 7) is 0.354. The van der Waals surface area contributed by atoms with Crippen molar-refractivity contribution in [2.24, 2.45) is 0 Å². The molecule has 1 aliphatic rings. The molecule has 0 bridgehead atoms. The number of nitrogens with one attached hydrogen (secondary N) is 2. The van der Waals surface area contributed by atoms with Gasteiger partial charge in [0.2, 0.25) is 0 Å². The lowest BCUT2D eigenvalue weighted by atomic mass is 10.1. The van der Waals surface area contributed by atoms with Crippen molar-refractivity contribution < 1.29 is 13.5 Å². The van der Waals surface area contributed by atoms with Crippen molar-refractivity contribution in [2.75, 3.05) is 6.54 Å². The quantitative estimate of drug-likeness (QED) is 0.694. The van der Waals surface area contributed by atoms with E-state index in [1.165, 1.54) is 0 Å². The molecule has 0 unspecified atom stereocenters. The number of aromatic hydroxyl groups is 1. The van der Waals surface area contributed by atoms with Crippen LogP contribution in [0.4, 0.5) is 0 Å². The van der Waals surface area contributed by atoms with E-state index in [1.54, 1.807) is 24.3 Å². The van der Waals surface area contributed by atoms with Crippen LogP contribution in [0, 0.1) is 0 Å². The molecule has 1 aromatic carbocycles. The van der Waals surface area contributed by atoms with Crippen molar-refractivity contribution in [1.82, 2.24) is 9.44 Å². The van der Waals surface area contributed by atoms with E-state index >= 15 is 0 Å². The van der Waals surface area contributed by atoms with Gasteiger partial charge in [-0.2, -0.15) is 13.1 Å². The predicted molar refractivity (Wildman–Crippen MR) is 64.9 cm³/mol. The summed E-state index contributed by atoms with van der Waals surface area (Å²) in [5, 5.41) is 9.10. The van der Waals surface area contributed by atoms with Gasteiger partial charge in [-0.05, 0) is 37.0 Å². The third-order valence-corrected chi connectivity index (χ3v) is 3.77. The molecule has 0 aliphatic heterocycles. The molecule has 0 aromatic heterocycles. The molecule has 5 nitrogen and oxygen atoms in total. The molecular weight excluding hydrogens is 240 g/mol. The second kappa shape index (κ2) is 5.03. The lowest BCUT2D eigenvalue weighted by Gasteiger charge is -2.07. The predicted octanol–water partition coefficient (Wildman–Crippen LogP) is 0.521. The monoisotopic (exact) mass is 256 g/mol. The van der Waals surface area contributed by atoms with Gasteiger partial charge in [0.25, 0.3) is 10.2 Å². The zero-order chi connectivity index (χ0) is 12.3. The smallest absolute Gasteiger partial charge is 0.277 e. The van der Waals surface area contributed by atoms with Crippen LogP contribution in [-0.2, 0) is 16.6 Å². The molecule has 0 atom stereocenters. The van der Waals surface area contributed by atoms with E-state index in [0.29, 0.717) is 13.0 Å². The van der Waals surface area contributed by atoms with Crippen molar-refractivity contribution >= 4 is 10.2 Å². The molecule has 0 heterocycles. The van der Waals surface area contributed by atoms with Crippen molar-refractivity contribution in [3.8, 4) is 5.75 Å². The van der Waals surface area contributed by atoms with Crippen LogP contribution in [0.5, 0.6) is 5.75 Å². The normalized spacial score (nSPS) is 16.0. The van der Waals surface area contributed by atoms with Gasteiger partial charge in [-0.1, -0.05) is 12.1 Å². The highest BCUT2D eigenvalue weighted by atomic mass is 32.2. The summed E-state index contributed by atoms with van der Waals surface area (Å²) in [5.74, 6) is 0.213. The average Bonchev–Trinajstić information content (AvgIpc) is 3.04. The van der Waals surface area contributed by atoms with Crippen molar-refractivity contribution in [3.05, 3.63) is 29.8 Å². The van der Waals surface area contributed by atoms with E-state index in [0.717, 1.165) is 18.4 Å². The molecule has 94 valence electrons. The van der Waals surface area contributed by atoms with Crippen molar-refractivity contribution in [2.45, 2.75) is 25.3 Å². The summed E-state index contributed by atoms with van der Waals surface area (Å²) in [5.41, 5.74) is 0.983. The molecule has 1 fully saturated rings. The Balaban J connectivity index is 1.76. The fraction of sp³-hybridized carbons (Fsp3) is 0.455. The number of benzene rings is 1. The van der Waals surface area contributed by atoms with Crippen LogP contribution in [0.2, 0.25) is 0 Å². The summed E-state index contributed by atoms with van der Waals surface area (Å²) in [4.78, 5) is 0. The van der Waals surface area contributed by atoms with Crippen molar-refractivity contribution in [1.29, 1.82) is 0 Å².